The maximum Gasteiger partial charge on any atom is 0.320 e. The predicted molar refractivity (Wildman–Crippen MR) is 133 cm³/mol. The Morgan fingerprint density at radius 1 is 0.974 bits per heavy atom. The summed E-state index contributed by atoms with van der Waals surface area (Å²) >= 11 is 0. The van der Waals surface area contributed by atoms with Crippen molar-refractivity contribution in [2.75, 3.05) is 32.8 Å². The van der Waals surface area contributed by atoms with E-state index in [4.69, 9.17) is 23.7 Å². The van der Waals surface area contributed by atoms with Gasteiger partial charge in [-0.3, -0.25) is 19.3 Å². The lowest BCUT2D eigenvalue weighted by atomic mass is 9.44. The number of hydrogen-bond acceptors (Lipinski definition) is 9. The van der Waals surface area contributed by atoms with E-state index in [1.807, 2.05) is 4.90 Å². The Morgan fingerprint density at radius 3 is 2.21 bits per heavy atom. The first-order chi connectivity index (χ1) is 18.3. The van der Waals surface area contributed by atoms with Crippen LogP contribution >= 0.6 is 0 Å². The molecule has 0 aromatic rings. The van der Waals surface area contributed by atoms with E-state index in [0.717, 1.165) is 49.9 Å². The number of carbonyl (C=O) groups is 3. The average Bonchev–Trinajstić information content (AvgIpc) is 3.51. The van der Waals surface area contributed by atoms with E-state index in [0.29, 0.717) is 26.3 Å². The van der Waals surface area contributed by atoms with Crippen molar-refractivity contribution in [3.05, 3.63) is 0 Å². The fraction of sp³-hybridized carbons (Fsp3) is 0.897. The molecule has 8 aliphatic rings. The third-order valence-electron chi connectivity index (χ3n) is 11.3. The molecule has 9 heteroatoms. The number of ether oxygens (including phenoxy) is 5. The van der Waals surface area contributed by atoms with Gasteiger partial charge >= 0.3 is 17.9 Å². The molecule has 0 spiro atoms. The SMILES string of the molecule is CCC(CC)(OC(=O)C1C2OC3C(OC(=O)C31)C2OC(=O)CN1CCOCC1)C12CC3CC(CC(C3)C1)C2. The predicted octanol–water partition coefficient (Wildman–Crippen LogP) is 2.49. The van der Waals surface area contributed by atoms with E-state index in [1.165, 1.54) is 19.3 Å². The van der Waals surface area contributed by atoms with Gasteiger partial charge in [-0.1, -0.05) is 13.8 Å². The molecular formula is C29H41NO8. The third-order valence-corrected chi connectivity index (χ3v) is 11.3. The van der Waals surface area contributed by atoms with Crippen LogP contribution in [0.25, 0.3) is 0 Å². The van der Waals surface area contributed by atoms with Gasteiger partial charge < -0.3 is 23.7 Å². The fourth-order valence-electron chi connectivity index (χ4n) is 10.1. The average molecular weight is 532 g/mol. The Balaban J connectivity index is 1.10. The van der Waals surface area contributed by atoms with Crippen LogP contribution in [0.5, 0.6) is 0 Å². The zero-order valence-electron chi connectivity index (χ0n) is 22.6. The number of carbonyl (C=O) groups excluding carboxylic acids is 3. The van der Waals surface area contributed by atoms with Crippen molar-refractivity contribution >= 4 is 17.9 Å². The molecule has 38 heavy (non-hydrogen) atoms. The first kappa shape index (κ1) is 25.3. The molecule has 0 aromatic heterocycles. The van der Waals surface area contributed by atoms with E-state index in [9.17, 15) is 14.4 Å². The van der Waals surface area contributed by atoms with Crippen LogP contribution in [0.1, 0.15) is 65.2 Å². The molecule has 4 aliphatic heterocycles. The van der Waals surface area contributed by atoms with Crippen LogP contribution in [0.4, 0.5) is 0 Å². The molecule has 4 heterocycles. The number of nitrogens with zero attached hydrogens (tertiary/aromatic N) is 1. The maximum atomic E-state index is 14.1. The summed E-state index contributed by atoms with van der Waals surface area (Å²) in [6.07, 6.45) is 6.18. The van der Waals surface area contributed by atoms with Crippen molar-refractivity contribution in [1.82, 2.24) is 4.90 Å². The minimum atomic E-state index is -0.807. The quantitative estimate of drug-likeness (QED) is 0.345. The molecule has 6 bridgehead atoms. The lowest BCUT2D eigenvalue weighted by molar-refractivity contribution is -0.218. The van der Waals surface area contributed by atoms with Gasteiger partial charge in [0.1, 0.15) is 29.6 Å². The molecule has 0 radical (unpaired) electrons. The molecule has 210 valence electrons. The van der Waals surface area contributed by atoms with Gasteiger partial charge in [-0.25, -0.2) is 0 Å². The Kier molecular flexibility index (Phi) is 6.09. The molecule has 0 amide bonds. The standard InChI is InChI=1S/C29H41NO8/c1-3-29(4-2,28-12-16-9-17(13-28)11-18(10-16)14-28)38-27(33)21-20-22-25(37-26(20)32)24(23(21)36-22)35-19(31)15-30-5-7-34-8-6-30/h16-18,20-25H,3-15H2,1-2H3. The van der Waals surface area contributed by atoms with E-state index in [-0.39, 0.29) is 17.9 Å². The smallest absolute Gasteiger partial charge is 0.320 e. The molecule has 4 saturated carbocycles. The van der Waals surface area contributed by atoms with E-state index < -0.39 is 53.8 Å². The highest BCUT2D eigenvalue weighted by atomic mass is 16.7. The van der Waals surface area contributed by atoms with E-state index >= 15 is 0 Å². The Bertz CT molecular complexity index is 952. The molecule has 6 atom stereocenters. The first-order valence-corrected chi connectivity index (χ1v) is 14.9. The van der Waals surface area contributed by atoms with Crippen LogP contribution in [-0.4, -0.2) is 85.7 Å². The zero-order chi connectivity index (χ0) is 26.2. The summed E-state index contributed by atoms with van der Waals surface area (Å²) < 4.78 is 29.6. The number of rotatable bonds is 8. The molecule has 6 unspecified atom stereocenters. The summed E-state index contributed by atoms with van der Waals surface area (Å²) in [5.74, 6) is -0.492. The number of morpholine rings is 1. The highest BCUT2D eigenvalue weighted by molar-refractivity contribution is 5.87. The van der Waals surface area contributed by atoms with Crippen molar-refractivity contribution < 1.29 is 38.1 Å². The fourth-order valence-corrected chi connectivity index (χ4v) is 10.1. The molecule has 0 aromatic carbocycles. The number of esters is 3. The van der Waals surface area contributed by atoms with Gasteiger partial charge in [0.15, 0.2) is 12.2 Å². The van der Waals surface area contributed by atoms with Crippen LogP contribution in [0, 0.1) is 35.0 Å². The lowest BCUT2D eigenvalue weighted by Gasteiger charge is -2.63. The van der Waals surface area contributed by atoms with Crippen molar-refractivity contribution in [2.24, 2.45) is 35.0 Å². The summed E-state index contributed by atoms with van der Waals surface area (Å²) in [5.41, 5.74) is -0.533. The second kappa shape index (κ2) is 9.16. The molecule has 8 rings (SSSR count). The summed E-state index contributed by atoms with van der Waals surface area (Å²) in [6.45, 7) is 6.92. The number of hydrogen-bond donors (Lipinski definition) is 0. The normalized spacial score (nSPS) is 44.9. The molecule has 4 saturated heterocycles. The van der Waals surface area contributed by atoms with Crippen molar-refractivity contribution in [1.29, 1.82) is 0 Å². The summed E-state index contributed by atoms with van der Waals surface area (Å²) in [5, 5.41) is 0. The van der Waals surface area contributed by atoms with Gasteiger partial charge in [-0.05, 0) is 69.1 Å². The van der Waals surface area contributed by atoms with Gasteiger partial charge in [0.05, 0.1) is 19.8 Å². The molecule has 9 nitrogen and oxygen atoms in total. The zero-order valence-corrected chi connectivity index (χ0v) is 22.6. The number of fused-ring (bicyclic) bond motifs is 1. The van der Waals surface area contributed by atoms with Gasteiger partial charge in [-0.2, -0.15) is 0 Å². The lowest BCUT2D eigenvalue weighted by Crippen LogP contribution is -2.60. The van der Waals surface area contributed by atoms with Gasteiger partial charge in [0.2, 0.25) is 0 Å². The van der Waals surface area contributed by atoms with Crippen LogP contribution < -0.4 is 0 Å². The van der Waals surface area contributed by atoms with Crippen molar-refractivity contribution in [2.45, 2.75) is 95.2 Å². The maximum absolute atomic E-state index is 14.1. The Labute approximate surface area is 224 Å². The summed E-state index contributed by atoms with van der Waals surface area (Å²) in [4.78, 5) is 41.8. The largest absolute Gasteiger partial charge is 0.458 e. The van der Waals surface area contributed by atoms with Crippen molar-refractivity contribution in [3.63, 3.8) is 0 Å². The second-order valence-electron chi connectivity index (χ2n) is 13.2. The van der Waals surface area contributed by atoms with Gasteiger partial charge in [-0.15, -0.1) is 0 Å². The summed E-state index contributed by atoms with van der Waals surface area (Å²) in [7, 11) is 0. The van der Waals surface area contributed by atoms with E-state index in [2.05, 4.69) is 13.8 Å². The van der Waals surface area contributed by atoms with Crippen molar-refractivity contribution in [3.8, 4) is 0 Å². The monoisotopic (exact) mass is 531 g/mol. The highest BCUT2D eigenvalue weighted by Gasteiger charge is 2.73. The van der Waals surface area contributed by atoms with Crippen LogP contribution in [0.3, 0.4) is 0 Å². The van der Waals surface area contributed by atoms with Crippen LogP contribution in [0.15, 0.2) is 0 Å². The summed E-state index contributed by atoms with van der Waals surface area (Å²) in [6, 6.07) is 0. The van der Waals surface area contributed by atoms with E-state index in [1.54, 1.807) is 0 Å². The third kappa shape index (κ3) is 3.70. The highest BCUT2D eigenvalue weighted by Crippen LogP contribution is 2.66. The van der Waals surface area contributed by atoms with Crippen LogP contribution in [0.2, 0.25) is 0 Å². The molecule has 0 N–H and O–H groups in total. The minimum Gasteiger partial charge on any atom is -0.458 e. The topological polar surface area (TPSA) is 101 Å². The molecular weight excluding hydrogens is 490 g/mol. The van der Waals surface area contributed by atoms with Gasteiger partial charge in [0, 0.05) is 18.5 Å². The Morgan fingerprint density at radius 2 is 1.61 bits per heavy atom. The molecule has 4 aliphatic carbocycles. The molecule has 8 fully saturated rings. The van der Waals surface area contributed by atoms with Crippen LogP contribution in [-0.2, 0) is 38.1 Å². The Hall–Kier alpha value is -1.71. The van der Waals surface area contributed by atoms with Gasteiger partial charge in [0.25, 0.3) is 0 Å². The first-order valence-electron chi connectivity index (χ1n) is 14.9. The second-order valence-corrected chi connectivity index (χ2v) is 13.2. The minimum absolute atomic E-state index is 0.0160.